The molecule has 1 aromatic carbocycles. The predicted molar refractivity (Wildman–Crippen MR) is 42.7 cm³/mol. The number of thiocarbonyl (C=S) groups is 1. The molecule has 0 aromatic heterocycles. The van der Waals surface area contributed by atoms with Crippen LogP contribution >= 0.6 is 12.2 Å². The monoisotopic (exact) mass is 135 g/mol. The first kappa shape index (κ1) is 6.43. The summed E-state index contributed by atoms with van der Waals surface area (Å²) in [6.07, 6.45) is 0.774. The van der Waals surface area contributed by atoms with E-state index in [-0.39, 0.29) is 0 Å². The van der Waals surface area contributed by atoms with Gasteiger partial charge in [0.05, 0.1) is 0 Å². The van der Waals surface area contributed by atoms with Crippen LogP contribution in [0.4, 0.5) is 0 Å². The molecule has 0 spiro atoms. The first-order chi connectivity index (χ1) is 4.43. The van der Waals surface area contributed by atoms with Crippen molar-refractivity contribution >= 4 is 17.6 Å². The van der Waals surface area contributed by atoms with E-state index in [0.717, 1.165) is 6.42 Å². The van der Waals surface area contributed by atoms with E-state index >= 15 is 0 Å². The molecule has 0 unspecified atom stereocenters. The molecule has 0 fully saturated rings. The highest BCUT2D eigenvalue weighted by atomic mass is 32.1. The normalized spacial score (nSPS) is 8.89. The maximum Gasteiger partial charge on any atom is 0.0338 e. The Bertz CT molecular complexity index is 179. The van der Waals surface area contributed by atoms with Gasteiger partial charge in [-0.2, -0.15) is 0 Å². The van der Waals surface area contributed by atoms with E-state index in [2.05, 4.69) is 17.6 Å². The van der Waals surface area contributed by atoms with Crippen LogP contribution in [0.3, 0.4) is 0 Å². The van der Waals surface area contributed by atoms with Gasteiger partial charge in [0.1, 0.15) is 0 Å². The fourth-order valence-electron chi connectivity index (χ4n) is 0.679. The molecule has 0 N–H and O–H groups in total. The van der Waals surface area contributed by atoms with Crippen molar-refractivity contribution in [1.82, 2.24) is 0 Å². The van der Waals surface area contributed by atoms with Crippen molar-refractivity contribution in [2.45, 2.75) is 6.42 Å². The summed E-state index contributed by atoms with van der Waals surface area (Å²) in [4.78, 5) is 0. The molecule has 0 aliphatic carbocycles. The van der Waals surface area contributed by atoms with Gasteiger partial charge >= 0.3 is 0 Å². The Morgan fingerprint density at radius 3 is 2.44 bits per heavy atom. The molecule has 1 heteroatoms. The lowest BCUT2D eigenvalue weighted by atomic mass is 10.2. The molecule has 0 heterocycles. The van der Waals surface area contributed by atoms with Crippen molar-refractivity contribution in [1.29, 1.82) is 0 Å². The van der Waals surface area contributed by atoms with Gasteiger partial charge in [0, 0.05) is 11.8 Å². The van der Waals surface area contributed by atoms with Gasteiger partial charge in [-0.1, -0.05) is 42.5 Å². The molecular formula is C8H7S. The minimum Gasteiger partial charge on any atom is -0.0833 e. The second-order valence-corrected chi connectivity index (χ2v) is 2.10. The van der Waals surface area contributed by atoms with Crippen molar-refractivity contribution in [3.8, 4) is 0 Å². The number of hydrogen-bond donors (Lipinski definition) is 0. The third kappa shape index (κ3) is 1.94. The number of rotatable bonds is 2. The Labute approximate surface area is 60.5 Å². The third-order valence-electron chi connectivity index (χ3n) is 1.12. The van der Waals surface area contributed by atoms with Crippen LogP contribution in [0.1, 0.15) is 5.56 Å². The van der Waals surface area contributed by atoms with Gasteiger partial charge in [0.25, 0.3) is 0 Å². The molecule has 0 amide bonds. The van der Waals surface area contributed by atoms with Gasteiger partial charge in [0.15, 0.2) is 0 Å². The van der Waals surface area contributed by atoms with Crippen molar-refractivity contribution < 1.29 is 0 Å². The van der Waals surface area contributed by atoms with Gasteiger partial charge in [-0.25, -0.2) is 0 Å². The molecule has 9 heavy (non-hydrogen) atoms. The summed E-state index contributed by atoms with van der Waals surface area (Å²) in [6, 6.07) is 10.1. The van der Waals surface area contributed by atoms with Gasteiger partial charge in [-0.05, 0) is 5.56 Å². The molecule has 0 nitrogen and oxygen atoms in total. The largest absolute Gasteiger partial charge is 0.0833 e. The Hall–Kier alpha value is -0.690. The van der Waals surface area contributed by atoms with E-state index in [1.165, 1.54) is 5.56 Å². The van der Waals surface area contributed by atoms with Gasteiger partial charge in [0.2, 0.25) is 0 Å². The first-order valence-electron chi connectivity index (χ1n) is 2.82. The summed E-state index contributed by atoms with van der Waals surface area (Å²) >= 11 is 4.58. The summed E-state index contributed by atoms with van der Waals surface area (Å²) < 4.78 is 0. The van der Waals surface area contributed by atoms with Crippen molar-refractivity contribution in [3.05, 3.63) is 35.9 Å². The fraction of sp³-hybridized carbons (Fsp3) is 0.125. The quantitative estimate of drug-likeness (QED) is 0.560. The molecule has 0 saturated heterocycles. The molecule has 45 valence electrons. The zero-order valence-electron chi connectivity index (χ0n) is 5.00. The highest BCUT2D eigenvalue weighted by molar-refractivity contribution is 7.78. The zero-order chi connectivity index (χ0) is 6.53. The van der Waals surface area contributed by atoms with Crippen LogP contribution in [-0.2, 0) is 6.42 Å². The topological polar surface area (TPSA) is 0 Å². The minimum atomic E-state index is 0.774. The lowest BCUT2D eigenvalue weighted by molar-refractivity contribution is 1.38. The molecular weight excluding hydrogens is 128 g/mol. The summed E-state index contributed by atoms with van der Waals surface area (Å²) in [7, 11) is 0. The van der Waals surface area contributed by atoms with E-state index in [4.69, 9.17) is 0 Å². The average molecular weight is 135 g/mol. The SMILES string of the molecule is S=[C]Cc1ccccc1. The van der Waals surface area contributed by atoms with Crippen molar-refractivity contribution in [2.75, 3.05) is 0 Å². The third-order valence-corrected chi connectivity index (χ3v) is 1.26. The molecule has 0 aliphatic rings. The second kappa shape index (κ2) is 3.36. The Balaban J connectivity index is 2.72. The molecule has 0 aliphatic heterocycles. The summed E-state index contributed by atoms with van der Waals surface area (Å²) in [5.41, 5.74) is 1.23. The lowest BCUT2D eigenvalue weighted by Crippen LogP contribution is -1.80. The summed E-state index contributed by atoms with van der Waals surface area (Å²) in [5.74, 6) is 0. The van der Waals surface area contributed by atoms with Crippen LogP contribution in [-0.4, -0.2) is 5.37 Å². The highest BCUT2D eigenvalue weighted by Gasteiger charge is 1.83. The average Bonchev–Trinajstić information content (AvgIpc) is 1.91. The Morgan fingerprint density at radius 1 is 1.22 bits per heavy atom. The Kier molecular flexibility index (Phi) is 2.40. The predicted octanol–water partition coefficient (Wildman–Crippen LogP) is 2.11. The van der Waals surface area contributed by atoms with Crippen LogP contribution in [0.15, 0.2) is 30.3 Å². The molecule has 0 atom stereocenters. The van der Waals surface area contributed by atoms with Crippen molar-refractivity contribution in [3.63, 3.8) is 0 Å². The van der Waals surface area contributed by atoms with E-state index in [1.807, 2.05) is 30.3 Å². The molecule has 1 aromatic rings. The highest BCUT2D eigenvalue weighted by Crippen LogP contribution is 1.96. The summed E-state index contributed by atoms with van der Waals surface area (Å²) in [6.45, 7) is 0. The zero-order valence-corrected chi connectivity index (χ0v) is 5.82. The number of benzene rings is 1. The molecule has 1 rings (SSSR count). The van der Waals surface area contributed by atoms with Crippen LogP contribution in [0.2, 0.25) is 0 Å². The fourth-order valence-corrected chi connectivity index (χ4v) is 0.846. The van der Waals surface area contributed by atoms with Gasteiger partial charge < -0.3 is 0 Å². The van der Waals surface area contributed by atoms with E-state index in [1.54, 1.807) is 0 Å². The maximum absolute atomic E-state index is 4.58. The summed E-state index contributed by atoms with van der Waals surface area (Å²) in [5, 5.41) is 2.67. The Morgan fingerprint density at radius 2 is 1.89 bits per heavy atom. The minimum absolute atomic E-state index is 0.774. The van der Waals surface area contributed by atoms with E-state index in [0.29, 0.717) is 0 Å². The van der Waals surface area contributed by atoms with E-state index in [9.17, 15) is 0 Å². The van der Waals surface area contributed by atoms with E-state index < -0.39 is 0 Å². The second-order valence-electron chi connectivity index (χ2n) is 1.81. The molecule has 0 saturated carbocycles. The van der Waals surface area contributed by atoms with Crippen LogP contribution in [0.5, 0.6) is 0 Å². The molecule has 1 radical (unpaired) electrons. The van der Waals surface area contributed by atoms with Gasteiger partial charge in [-0.15, -0.1) is 0 Å². The van der Waals surface area contributed by atoms with Crippen LogP contribution in [0.25, 0.3) is 0 Å². The van der Waals surface area contributed by atoms with Crippen LogP contribution < -0.4 is 0 Å². The maximum atomic E-state index is 4.58. The van der Waals surface area contributed by atoms with Crippen LogP contribution in [0, 0.1) is 0 Å². The first-order valence-corrected chi connectivity index (χ1v) is 3.23. The standard InChI is InChI=1S/C8H7S/c9-7-6-8-4-2-1-3-5-8/h1-5H,6H2. The van der Waals surface area contributed by atoms with Crippen molar-refractivity contribution in [2.24, 2.45) is 0 Å². The molecule has 0 bridgehead atoms. The van der Waals surface area contributed by atoms with Gasteiger partial charge in [-0.3, -0.25) is 0 Å². The smallest absolute Gasteiger partial charge is 0.0338 e. The lowest BCUT2D eigenvalue weighted by Gasteiger charge is -1.89. The number of hydrogen-bond acceptors (Lipinski definition) is 1.